The molecule has 2 N–H and O–H groups in total. The molecule has 1 fully saturated rings. The largest absolute Gasteiger partial charge is 0.496 e. The summed E-state index contributed by atoms with van der Waals surface area (Å²) in [6, 6.07) is 0.383. The van der Waals surface area contributed by atoms with E-state index in [-0.39, 0.29) is 17.9 Å². The molecule has 2 unspecified atom stereocenters. The average Bonchev–Trinajstić information content (AvgIpc) is 3.43. The van der Waals surface area contributed by atoms with Crippen molar-refractivity contribution in [2.75, 3.05) is 20.2 Å². The van der Waals surface area contributed by atoms with E-state index in [2.05, 4.69) is 50.0 Å². The molecule has 29 heavy (non-hydrogen) atoms. The summed E-state index contributed by atoms with van der Waals surface area (Å²) in [6.07, 6.45) is 12.2. The van der Waals surface area contributed by atoms with Gasteiger partial charge in [0.2, 0.25) is 5.96 Å². The second kappa shape index (κ2) is 8.20. The van der Waals surface area contributed by atoms with Crippen LogP contribution >= 0.6 is 0 Å². The zero-order valence-corrected chi connectivity index (χ0v) is 17.0. The molecule has 0 amide bonds. The molecule has 0 radical (unpaired) electrons. The predicted molar refractivity (Wildman–Crippen MR) is 112 cm³/mol. The molecule has 154 valence electrons. The van der Waals surface area contributed by atoms with E-state index in [1.165, 1.54) is 12.8 Å². The lowest BCUT2D eigenvalue weighted by atomic mass is 9.87. The van der Waals surface area contributed by atoms with Gasteiger partial charge in [-0.1, -0.05) is 23.9 Å². The maximum atomic E-state index is 5.99. The minimum atomic E-state index is -0.205. The summed E-state index contributed by atoms with van der Waals surface area (Å²) >= 11 is 0. The van der Waals surface area contributed by atoms with Gasteiger partial charge in [0.05, 0.1) is 31.0 Å². The molecule has 0 saturated heterocycles. The molecule has 0 spiro atoms. The number of fused-ring (bicyclic) bond motifs is 1. The predicted octanol–water partition coefficient (Wildman–Crippen LogP) is 1.33. The van der Waals surface area contributed by atoms with E-state index >= 15 is 0 Å². The van der Waals surface area contributed by atoms with Gasteiger partial charge in [0.15, 0.2) is 0 Å². The molecule has 4 rings (SSSR count). The third-order valence-electron chi connectivity index (χ3n) is 5.30. The lowest BCUT2D eigenvalue weighted by Gasteiger charge is -2.30. The fraction of sp³-hybridized carbons (Fsp3) is 0.500. The molecule has 2 aliphatic carbocycles. The highest BCUT2D eigenvalue weighted by atomic mass is 16.5. The zero-order valence-electron chi connectivity index (χ0n) is 17.0. The van der Waals surface area contributed by atoms with Crippen molar-refractivity contribution in [3.05, 3.63) is 48.7 Å². The Kier molecular flexibility index (Phi) is 5.48. The number of nitrogens with two attached hydrogens (primary N) is 1. The van der Waals surface area contributed by atoms with Crippen molar-refractivity contribution in [2.45, 2.75) is 38.4 Å². The Morgan fingerprint density at radius 2 is 2.24 bits per heavy atom. The van der Waals surface area contributed by atoms with E-state index in [4.69, 9.17) is 10.5 Å². The zero-order chi connectivity index (χ0) is 20.4. The minimum Gasteiger partial charge on any atom is -0.496 e. The number of rotatable bonds is 9. The molecule has 2 atom stereocenters. The number of allylic oxidation sites excluding steroid dienone is 2. The first-order chi connectivity index (χ1) is 14.1. The Labute approximate surface area is 170 Å². The molecule has 9 heteroatoms. The molecule has 1 aromatic rings. The minimum absolute atomic E-state index is 0.0622. The normalized spacial score (nSPS) is 23.2. The number of aliphatic imine (C=N–C) groups is 2. The maximum absolute atomic E-state index is 5.99. The number of hydrogen-bond donors (Lipinski definition) is 1. The molecular weight excluding hydrogens is 368 g/mol. The summed E-state index contributed by atoms with van der Waals surface area (Å²) in [7, 11) is 2.07. The second-order valence-corrected chi connectivity index (χ2v) is 7.38. The third kappa shape index (κ3) is 4.09. The molecule has 1 aliphatic heterocycles. The maximum Gasteiger partial charge on any atom is 0.216 e. The molecule has 3 aliphatic rings. The van der Waals surface area contributed by atoms with Crippen LogP contribution in [0.4, 0.5) is 0 Å². The molecule has 0 aromatic carbocycles. The van der Waals surface area contributed by atoms with Crippen LogP contribution in [0.1, 0.15) is 25.5 Å². The Hall–Kier alpha value is -2.94. The van der Waals surface area contributed by atoms with Crippen LogP contribution in [0.25, 0.3) is 0 Å². The van der Waals surface area contributed by atoms with Gasteiger partial charge in [-0.2, -0.15) is 0 Å². The molecule has 9 nitrogen and oxygen atoms in total. The summed E-state index contributed by atoms with van der Waals surface area (Å²) < 4.78 is 7.58. The van der Waals surface area contributed by atoms with Gasteiger partial charge >= 0.3 is 0 Å². The fourth-order valence-corrected chi connectivity index (χ4v) is 3.73. The van der Waals surface area contributed by atoms with Gasteiger partial charge in [0.1, 0.15) is 17.5 Å². The van der Waals surface area contributed by atoms with E-state index in [1.807, 2.05) is 36.2 Å². The van der Waals surface area contributed by atoms with Gasteiger partial charge in [-0.25, -0.2) is 15.0 Å². The molecule has 2 heterocycles. The number of ether oxygens (including phenoxy) is 1. The molecule has 0 bridgehead atoms. The fourth-order valence-electron chi connectivity index (χ4n) is 3.73. The van der Waals surface area contributed by atoms with Crippen molar-refractivity contribution in [3.8, 4) is 0 Å². The van der Waals surface area contributed by atoms with Gasteiger partial charge in [-0.15, -0.1) is 5.10 Å². The van der Waals surface area contributed by atoms with Crippen LogP contribution in [-0.4, -0.2) is 69.0 Å². The standard InChI is InChI=1S/C20H28N8O/c1-4-28(14-9-10-14)26(3)11-12-27-13-16(24-25-27)18-15-7-6-8-17(29-5-2)19(15)23-20(21)22-18/h4,6-8,13-15,19H,1,5,9-12H2,2-3H3,(H2,21,23). The van der Waals surface area contributed by atoms with E-state index < -0.39 is 0 Å². The summed E-state index contributed by atoms with van der Waals surface area (Å²) in [5.41, 5.74) is 7.48. The number of hydrogen-bond acceptors (Lipinski definition) is 8. The molecule has 1 aromatic heterocycles. The first-order valence-corrected chi connectivity index (χ1v) is 10.1. The number of guanidine groups is 1. The summed E-state index contributed by atoms with van der Waals surface area (Å²) in [5.74, 6) is 0.976. The second-order valence-electron chi connectivity index (χ2n) is 7.38. The Morgan fingerprint density at radius 3 is 2.97 bits per heavy atom. The van der Waals surface area contributed by atoms with Crippen LogP contribution in [0.2, 0.25) is 0 Å². The number of likely N-dealkylation sites (N-methyl/N-ethyl adjacent to an activating group) is 1. The Morgan fingerprint density at radius 1 is 1.41 bits per heavy atom. The highest BCUT2D eigenvalue weighted by molar-refractivity contribution is 6.09. The topological polar surface area (TPSA) is 97.2 Å². The highest BCUT2D eigenvalue weighted by Gasteiger charge is 2.35. The monoisotopic (exact) mass is 396 g/mol. The van der Waals surface area contributed by atoms with Gasteiger partial charge < -0.3 is 15.5 Å². The van der Waals surface area contributed by atoms with Crippen LogP contribution in [0.3, 0.4) is 0 Å². The first kappa shape index (κ1) is 19.4. The molecular formula is C20H28N8O. The van der Waals surface area contributed by atoms with E-state index in [0.717, 1.165) is 18.0 Å². The lowest BCUT2D eigenvalue weighted by Crippen LogP contribution is -2.39. The average molecular weight is 396 g/mol. The number of nitrogens with zero attached hydrogens (tertiary/aromatic N) is 7. The van der Waals surface area contributed by atoms with Crippen molar-refractivity contribution in [3.63, 3.8) is 0 Å². The van der Waals surface area contributed by atoms with Gasteiger partial charge in [0.25, 0.3) is 0 Å². The van der Waals surface area contributed by atoms with E-state index in [9.17, 15) is 0 Å². The smallest absolute Gasteiger partial charge is 0.216 e. The van der Waals surface area contributed by atoms with Gasteiger partial charge in [0, 0.05) is 25.8 Å². The summed E-state index contributed by atoms with van der Waals surface area (Å²) in [6.45, 7) is 7.98. The number of hydrazine groups is 1. The van der Waals surface area contributed by atoms with Crippen molar-refractivity contribution in [2.24, 2.45) is 21.6 Å². The van der Waals surface area contributed by atoms with Crippen molar-refractivity contribution in [1.29, 1.82) is 0 Å². The molecule has 1 saturated carbocycles. The Bertz CT molecular complexity index is 879. The van der Waals surface area contributed by atoms with Crippen LogP contribution in [-0.2, 0) is 11.3 Å². The summed E-state index contributed by atoms with van der Waals surface area (Å²) in [4.78, 5) is 8.96. The van der Waals surface area contributed by atoms with Crippen LogP contribution in [0.5, 0.6) is 0 Å². The van der Waals surface area contributed by atoms with Crippen LogP contribution < -0.4 is 5.73 Å². The van der Waals surface area contributed by atoms with Crippen molar-refractivity contribution in [1.82, 2.24) is 25.0 Å². The first-order valence-electron chi connectivity index (χ1n) is 10.1. The lowest BCUT2D eigenvalue weighted by molar-refractivity contribution is 0.0386. The SMILES string of the molecule is C=CN(C1CC1)N(C)CCn1cc(C2=NC(N)=NC3C(OCC)=CC=CC23)nn1. The van der Waals surface area contributed by atoms with Gasteiger partial charge in [-0.05, 0) is 25.8 Å². The van der Waals surface area contributed by atoms with Crippen LogP contribution in [0.15, 0.2) is 52.9 Å². The van der Waals surface area contributed by atoms with Crippen molar-refractivity contribution >= 4 is 11.7 Å². The van der Waals surface area contributed by atoms with Crippen LogP contribution in [0, 0.1) is 5.92 Å². The summed E-state index contributed by atoms with van der Waals surface area (Å²) in [5, 5.41) is 13.0. The van der Waals surface area contributed by atoms with E-state index in [0.29, 0.717) is 24.9 Å². The van der Waals surface area contributed by atoms with E-state index in [1.54, 1.807) is 0 Å². The Balaban J connectivity index is 1.46. The quantitative estimate of drug-likeness (QED) is 0.633. The van der Waals surface area contributed by atoms with Crippen molar-refractivity contribution < 1.29 is 4.74 Å². The van der Waals surface area contributed by atoms with Gasteiger partial charge in [-0.3, -0.25) is 4.68 Å². The highest BCUT2D eigenvalue weighted by Crippen LogP contribution is 2.30. The third-order valence-corrected chi connectivity index (χ3v) is 5.30. The number of aromatic nitrogens is 3.